The lowest BCUT2D eigenvalue weighted by Gasteiger charge is -2.28. The van der Waals surface area contributed by atoms with Crippen LogP contribution in [0.2, 0.25) is 0 Å². The molecule has 3 nitrogen and oxygen atoms in total. The van der Waals surface area contributed by atoms with Crippen molar-refractivity contribution in [1.29, 1.82) is 0 Å². The van der Waals surface area contributed by atoms with E-state index < -0.39 is 0 Å². The fraction of sp³-hybridized carbons (Fsp3) is 0.294. The summed E-state index contributed by atoms with van der Waals surface area (Å²) in [7, 11) is 0. The molecule has 0 saturated heterocycles. The Balaban J connectivity index is 2.08. The maximum Gasteiger partial charge on any atom is 0.135 e. The van der Waals surface area contributed by atoms with Crippen molar-refractivity contribution >= 4 is 21.9 Å². The minimum Gasteiger partial charge on any atom is -0.486 e. The Morgan fingerprint density at radius 2 is 1.85 bits per heavy atom. The molecule has 1 atom stereocenters. The van der Waals surface area contributed by atoms with Gasteiger partial charge in [0.2, 0.25) is 0 Å². The summed E-state index contributed by atoms with van der Waals surface area (Å²) < 4.78 is 11.9. The topological polar surface area (TPSA) is 48.4 Å². The smallest absolute Gasteiger partial charge is 0.135 e. The maximum atomic E-state index is 6.06. The van der Waals surface area contributed by atoms with E-state index in [0.717, 1.165) is 34.1 Å². The number of hydrogen-bond acceptors (Lipinski definition) is 3. The van der Waals surface area contributed by atoms with Crippen LogP contribution in [-0.4, -0.2) is 12.1 Å². The zero-order valence-electron chi connectivity index (χ0n) is 11.8. The minimum absolute atomic E-state index is 0.326. The fourth-order valence-electron chi connectivity index (χ4n) is 2.31. The number of furan rings is 1. The lowest BCUT2D eigenvalue weighted by Crippen LogP contribution is -2.39. The van der Waals surface area contributed by atoms with Crippen molar-refractivity contribution in [1.82, 2.24) is 0 Å². The number of ether oxygens (including phenoxy) is 1. The molecule has 3 heteroatoms. The zero-order valence-corrected chi connectivity index (χ0v) is 11.8. The highest BCUT2D eigenvalue weighted by molar-refractivity contribution is 6.05. The summed E-state index contributed by atoms with van der Waals surface area (Å²) >= 11 is 0. The summed E-state index contributed by atoms with van der Waals surface area (Å²) in [5, 5.41) is 2.19. The van der Waals surface area contributed by atoms with Gasteiger partial charge in [-0.05, 0) is 37.6 Å². The van der Waals surface area contributed by atoms with Crippen LogP contribution in [0.5, 0.6) is 5.75 Å². The molecule has 1 aromatic heterocycles. The normalized spacial score (nSPS) is 14.6. The third kappa shape index (κ3) is 2.14. The van der Waals surface area contributed by atoms with Gasteiger partial charge in [0.15, 0.2) is 0 Å². The van der Waals surface area contributed by atoms with Crippen LogP contribution >= 0.6 is 0 Å². The summed E-state index contributed by atoms with van der Waals surface area (Å²) in [5.41, 5.74) is 7.26. The van der Waals surface area contributed by atoms with Crippen LogP contribution < -0.4 is 10.5 Å². The van der Waals surface area contributed by atoms with E-state index in [4.69, 9.17) is 14.9 Å². The first-order valence-corrected chi connectivity index (χ1v) is 6.95. The standard InChI is InChI=1S/C17H19NO2/c1-3-17(2,11-18)20-12-8-9-16-14(10-12)13-6-4-5-7-15(13)19-16/h4-10H,3,11,18H2,1-2H3. The first kappa shape index (κ1) is 13.0. The van der Waals surface area contributed by atoms with Crippen LogP contribution in [0.4, 0.5) is 0 Å². The molecule has 0 aliphatic heterocycles. The Morgan fingerprint density at radius 1 is 1.10 bits per heavy atom. The second-order valence-electron chi connectivity index (χ2n) is 5.37. The highest BCUT2D eigenvalue weighted by Crippen LogP contribution is 2.32. The minimum atomic E-state index is -0.326. The average molecular weight is 269 g/mol. The first-order valence-electron chi connectivity index (χ1n) is 6.95. The Hall–Kier alpha value is -2.00. The molecule has 2 N–H and O–H groups in total. The molecule has 0 radical (unpaired) electrons. The summed E-state index contributed by atoms with van der Waals surface area (Å²) in [6.45, 7) is 4.61. The predicted molar refractivity (Wildman–Crippen MR) is 82.1 cm³/mol. The largest absolute Gasteiger partial charge is 0.486 e. The Morgan fingerprint density at radius 3 is 2.60 bits per heavy atom. The SMILES string of the molecule is CCC(C)(CN)Oc1ccc2oc3ccccc3c2c1. The summed E-state index contributed by atoms with van der Waals surface area (Å²) in [5.74, 6) is 0.832. The van der Waals surface area contributed by atoms with E-state index in [2.05, 4.69) is 13.0 Å². The predicted octanol–water partition coefficient (Wildman–Crippen LogP) is 4.09. The van der Waals surface area contributed by atoms with Gasteiger partial charge < -0.3 is 14.9 Å². The number of rotatable bonds is 4. The molecule has 0 fully saturated rings. The molecule has 0 amide bonds. The van der Waals surface area contributed by atoms with Gasteiger partial charge in [-0.25, -0.2) is 0 Å². The van der Waals surface area contributed by atoms with Crippen LogP contribution in [0, 0.1) is 0 Å². The number of nitrogens with two attached hydrogens (primary N) is 1. The van der Waals surface area contributed by atoms with Crippen molar-refractivity contribution in [2.24, 2.45) is 5.73 Å². The van der Waals surface area contributed by atoms with Gasteiger partial charge in [-0.15, -0.1) is 0 Å². The number of para-hydroxylation sites is 1. The van der Waals surface area contributed by atoms with E-state index in [1.807, 2.05) is 43.3 Å². The molecule has 0 aliphatic carbocycles. The van der Waals surface area contributed by atoms with Crippen LogP contribution in [0.15, 0.2) is 46.9 Å². The molecule has 0 bridgehead atoms. The second kappa shape index (κ2) is 4.84. The highest BCUT2D eigenvalue weighted by atomic mass is 16.5. The van der Waals surface area contributed by atoms with Crippen LogP contribution in [0.1, 0.15) is 20.3 Å². The van der Waals surface area contributed by atoms with Crippen molar-refractivity contribution in [3.05, 3.63) is 42.5 Å². The molecule has 1 unspecified atom stereocenters. The van der Waals surface area contributed by atoms with E-state index in [9.17, 15) is 0 Å². The molecule has 3 aromatic rings. The number of hydrogen-bond donors (Lipinski definition) is 1. The van der Waals surface area contributed by atoms with Gasteiger partial charge in [-0.2, -0.15) is 0 Å². The van der Waals surface area contributed by atoms with Gasteiger partial charge >= 0.3 is 0 Å². The molecule has 104 valence electrons. The third-order valence-electron chi connectivity index (χ3n) is 3.89. The Labute approximate surface area is 118 Å². The lowest BCUT2D eigenvalue weighted by molar-refractivity contribution is 0.0937. The summed E-state index contributed by atoms with van der Waals surface area (Å²) in [4.78, 5) is 0. The highest BCUT2D eigenvalue weighted by Gasteiger charge is 2.22. The van der Waals surface area contributed by atoms with Crippen molar-refractivity contribution in [2.75, 3.05) is 6.54 Å². The molecule has 2 aromatic carbocycles. The Bertz CT molecular complexity index is 741. The van der Waals surface area contributed by atoms with Gasteiger partial charge in [0.25, 0.3) is 0 Å². The van der Waals surface area contributed by atoms with Crippen LogP contribution in [0.25, 0.3) is 21.9 Å². The summed E-state index contributed by atoms with van der Waals surface area (Å²) in [6, 6.07) is 14.0. The van der Waals surface area contributed by atoms with Crippen molar-refractivity contribution < 1.29 is 9.15 Å². The van der Waals surface area contributed by atoms with Gasteiger partial charge in [-0.3, -0.25) is 0 Å². The molecule has 0 saturated carbocycles. The maximum absolute atomic E-state index is 6.06. The van der Waals surface area contributed by atoms with Crippen molar-refractivity contribution in [2.45, 2.75) is 25.9 Å². The average Bonchev–Trinajstić information content (AvgIpc) is 2.85. The second-order valence-corrected chi connectivity index (χ2v) is 5.37. The molecular formula is C17H19NO2. The molecule has 0 aliphatic rings. The van der Waals surface area contributed by atoms with Gasteiger partial charge in [-0.1, -0.05) is 25.1 Å². The lowest BCUT2D eigenvalue weighted by atomic mass is 10.0. The van der Waals surface area contributed by atoms with Crippen molar-refractivity contribution in [3.63, 3.8) is 0 Å². The quantitative estimate of drug-likeness (QED) is 0.776. The van der Waals surface area contributed by atoms with E-state index in [0.29, 0.717) is 6.54 Å². The zero-order chi connectivity index (χ0) is 14.2. The van der Waals surface area contributed by atoms with Crippen molar-refractivity contribution in [3.8, 4) is 5.75 Å². The molecule has 3 rings (SSSR count). The van der Waals surface area contributed by atoms with Gasteiger partial charge in [0.1, 0.15) is 22.5 Å². The van der Waals surface area contributed by atoms with E-state index in [1.165, 1.54) is 0 Å². The number of benzene rings is 2. The molecular weight excluding hydrogens is 250 g/mol. The third-order valence-corrected chi connectivity index (χ3v) is 3.89. The van der Waals surface area contributed by atoms with E-state index in [1.54, 1.807) is 0 Å². The monoisotopic (exact) mass is 269 g/mol. The van der Waals surface area contributed by atoms with Gasteiger partial charge in [0, 0.05) is 17.3 Å². The molecule has 0 spiro atoms. The molecule has 1 heterocycles. The fourth-order valence-corrected chi connectivity index (χ4v) is 2.31. The number of fused-ring (bicyclic) bond motifs is 3. The summed E-state index contributed by atoms with van der Waals surface area (Å²) in [6.07, 6.45) is 0.869. The Kier molecular flexibility index (Phi) is 3.14. The van der Waals surface area contributed by atoms with Crippen LogP contribution in [0.3, 0.4) is 0 Å². The van der Waals surface area contributed by atoms with Gasteiger partial charge in [0.05, 0.1) is 0 Å². The first-order chi connectivity index (χ1) is 9.65. The molecule has 20 heavy (non-hydrogen) atoms. The van der Waals surface area contributed by atoms with Crippen LogP contribution in [-0.2, 0) is 0 Å². The van der Waals surface area contributed by atoms with E-state index in [-0.39, 0.29) is 5.60 Å². The van der Waals surface area contributed by atoms with E-state index >= 15 is 0 Å².